The quantitative estimate of drug-likeness (QED) is 0.662. The van der Waals surface area contributed by atoms with Crippen molar-refractivity contribution in [1.29, 1.82) is 0 Å². The maximum Gasteiger partial charge on any atom is 0.322 e. The van der Waals surface area contributed by atoms with E-state index in [2.05, 4.69) is 44.5 Å². The lowest BCUT2D eigenvalue weighted by Gasteiger charge is -2.13. The molecule has 136 valence electrons. The Labute approximate surface area is 157 Å². The van der Waals surface area contributed by atoms with Crippen LogP contribution in [0.15, 0.2) is 67.0 Å². The average Bonchev–Trinajstić information content (AvgIpc) is 3.20. The number of benzene rings is 2. The minimum atomic E-state index is -0.571. The first kappa shape index (κ1) is 17.0. The molecule has 1 aliphatic heterocycles. The number of nitrogens with one attached hydrogen (secondary N) is 2. The van der Waals surface area contributed by atoms with Crippen molar-refractivity contribution in [1.82, 2.24) is 20.2 Å². The van der Waals surface area contributed by atoms with E-state index in [0.717, 1.165) is 22.5 Å². The highest BCUT2D eigenvalue weighted by Gasteiger charge is 2.31. The van der Waals surface area contributed by atoms with Gasteiger partial charge in [0, 0.05) is 25.1 Å². The van der Waals surface area contributed by atoms with Crippen LogP contribution in [0.5, 0.6) is 0 Å². The molecule has 0 spiro atoms. The van der Waals surface area contributed by atoms with E-state index in [0.29, 0.717) is 19.4 Å². The molecule has 1 aliphatic rings. The van der Waals surface area contributed by atoms with Crippen LogP contribution in [0.4, 0.5) is 4.79 Å². The van der Waals surface area contributed by atoms with Crippen LogP contribution in [0.3, 0.4) is 0 Å². The molecule has 27 heavy (non-hydrogen) atoms. The Bertz CT molecular complexity index is 892. The second-order valence-corrected chi connectivity index (χ2v) is 6.63. The molecule has 4 rings (SSSR count). The van der Waals surface area contributed by atoms with E-state index in [9.17, 15) is 9.59 Å². The summed E-state index contributed by atoms with van der Waals surface area (Å²) < 4.78 is 2.06. The van der Waals surface area contributed by atoms with Gasteiger partial charge in [-0.3, -0.25) is 10.1 Å². The van der Waals surface area contributed by atoms with Gasteiger partial charge in [0.25, 0.3) is 5.91 Å². The van der Waals surface area contributed by atoms with Crippen molar-refractivity contribution in [3.8, 4) is 0 Å². The van der Waals surface area contributed by atoms with Gasteiger partial charge < -0.3 is 9.88 Å². The summed E-state index contributed by atoms with van der Waals surface area (Å²) in [6, 6.07) is 19.2. The van der Waals surface area contributed by atoms with Crippen LogP contribution in [-0.2, 0) is 24.2 Å². The highest BCUT2D eigenvalue weighted by atomic mass is 16.2. The number of carbonyl (C=O) groups is 2. The third-order valence-corrected chi connectivity index (χ3v) is 4.70. The SMILES string of the molecule is O=C1NC(=O)C(Cc2c(Cc3ccccc3)ncn2Cc2ccccc2)N1. The number of nitrogens with zero attached hydrogens (tertiary/aromatic N) is 2. The number of hydrogen-bond acceptors (Lipinski definition) is 3. The molecule has 1 aromatic heterocycles. The molecule has 6 nitrogen and oxygen atoms in total. The third kappa shape index (κ3) is 3.89. The van der Waals surface area contributed by atoms with Crippen LogP contribution in [0, 0.1) is 0 Å². The minimum absolute atomic E-state index is 0.293. The van der Waals surface area contributed by atoms with E-state index in [-0.39, 0.29) is 5.91 Å². The molecule has 0 aliphatic carbocycles. The minimum Gasteiger partial charge on any atom is -0.330 e. The fourth-order valence-electron chi connectivity index (χ4n) is 3.33. The molecular formula is C21H20N4O2. The Morgan fingerprint density at radius 3 is 2.22 bits per heavy atom. The Morgan fingerprint density at radius 1 is 0.926 bits per heavy atom. The fourth-order valence-corrected chi connectivity index (χ4v) is 3.33. The number of aromatic nitrogens is 2. The number of carbonyl (C=O) groups excluding carboxylic acids is 2. The molecule has 3 aromatic rings. The maximum absolute atomic E-state index is 12.0. The first-order chi connectivity index (χ1) is 13.2. The molecule has 0 saturated carbocycles. The Kier molecular flexibility index (Phi) is 4.70. The van der Waals surface area contributed by atoms with Crippen LogP contribution in [-0.4, -0.2) is 27.5 Å². The molecule has 0 bridgehead atoms. The summed E-state index contributed by atoms with van der Waals surface area (Å²) in [5.41, 5.74) is 4.20. The summed E-state index contributed by atoms with van der Waals surface area (Å²) in [5.74, 6) is -0.293. The fraction of sp³-hybridized carbons (Fsp3) is 0.190. The summed E-state index contributed by atoms with van der Waals surface area (Å²) in [6.45, 7) is 0.667. The van der Waals surface area contributed by atoms with Crippen molar-refractivity contribution in [3.05, 3.63) is 89.5 Å². The first-order valence-corrected chi connectivity index (χ1v) is 8.91. The number of hydrogen-bond donors (Lipinski definition) is 2. The van der Waals surface area contributed by atoms with Crippen molar-refractivity contribution in [3.63, 3.8) is 0 Å². The van der Waals surface area contributed by atoms with Gasteiger partial charge in [0.15, 0.2) is 0 Å². The lowest BCUT2D eigenvalue weighted by Crippen LogP contribution is -2.32. The monoisotopic (exact) mass is 360 g/mol. The van der Waals surface area contributed by atoms with E-state index in [1.54, 1.807) is 0 Å². The van der Waals surface area contributed by atoms with Crippen LogP contribution in [0.1, 0.15) is 22.5 Å². The molecule has 0 radical (unpaired) electrons. The number of imidazole rings is 1. The van der Waals surface area contributed by atoms with Gasteiger partial charge in [-0.2, -0.15) is 0 Å². The largest absolute Gasteiger partial charge is 0.330 e. The van der Waals surface area contributed by atoms with Crippen LogP contribution in [0.25, 0.3) is 0 Å². The Morgan fingerprint density at radius 2 is 1.59 bits per heavy atom. The van der Waals surface area contributed by atoms with Gasteiger partial charge in [-0.1, -0.05) is 60.7 Å². The lowest BCUT2D eigenvalue weighted by molar-refractivity contribution is -0.120. The smallest absolute Gasteiger partial charge is 0.322 e. The number of amides is 3. The molecule has 2 N–H and O–H groups in total. The molecule has 3 amide bonds. The topological polar surface area (TPSA) is 76.0 Å². The van der Waals surface area contributed by atoms with E-state index >= 15 is 0 Å². The molecule has 2 aromatic carbocycles. The van der Waals surface area contributed by atoms with Crippen LogP contribution in [0.2, 0.25) is 0 Å². The predicted molar refractivity (Wildman–Crippen MR) is 101 cm³/mol. The van der Waals surface area contributed by atoms with E-state index in [1.807, 2.05) is 42.7 Å². The van der Waals surface area contributed by atoms with Crippen molar-refractivity contribution in [2.24, 2.45) is 0 Å². The second kappa shape index (κ2) is 7.45. The summed E-state index contributed by atoms with van der Waals surface area (Å²) >= 11 is 0. The van der Waals surface area contributed by atoms with Gasteiger partial charge in [0.2, 0.25) is 0 Å². The molecule has 1 atom stereocenters. The van der Waals surface area contributed by atoms with Crippen molar-refractivity contribution < 1.29 is 9.59 Å². The Balaban J connectivity index is 1.64. The van der Waals surface area contributed by atoms with E-state index in [1.165, 1.54) is 0 Å². The highest BCUT2D eigenvalue weighted by Crippen LogP contribution is 2.18. The zero-order valence-corrected chi connectivity index (χ0v) is 14.8. The standard InChI is InChI=1S/C21H20N4O2/c26-20-18(23-21(27)24-20)12-19-17(11-15-7-3-1-4-8-15)22-14-25(19)13-16-9-5-2-6-10-16/h1-10,14,18H,11-13H2,(H2,23,24,26,27). The summed E-state index contributed by atoms with van der Waals surface area (Å²) in [7, 11) is 0. The first-order valence-electron chi connectivity index (χ1n) is 8.91. The lowest BCUT2D eigenvalue weighted by atomic mass is 10.0. The maximum atomic E-state index is 12.0. The molecule has 1 saturated heterocycles. The number of urea groups is 1. The van der Waals surface area contributed by atoms with Gasteiger partial charge in [0.05, 0.1) is 12.0 Å². The van der Waals surface area contributed by atoms with E-state index in [4.69, 9.17) is 0 Å². The predicted octanol–water partition coefficient (Wildman–Crippen LogP) is 2.27. The molecular weight excluding hydrogens is 340 g/mol. The highest BCUT2D eigenvalue weighted by molar-refractivity contribution is 6.04. The molecule has 1 fully saturated rings. The zero-order valence-electron chi connectivity index (χ0n) is 14.8. The zero-order chi connectivity index (χ0) is 18.6. The number of imide groups is 1. The number of rotatable bonds is 6. The van der Waals surface area contributed by atoms with Crippen molar-refractivity contribution >= 4 is 11.9 Å². The average molecular weight is 360 g/mol. The molecule has 6 heteroatoms. The van der Waals surface area contributed by atoms with Crippen molar-refractivity contribution in [2.45, 2.75) is 25.4 Å². The second-order valence-electron chi connectivity index (χ2n) is 6.63. The summed E-state index contributed by atoms with van der Waals surface area (Å²) in [4.78, 5) is 28.1. The Hall–Kier alpha value is -3.41. The van der Waals surface area contributed by atoms with Gasteiger partial charge in [-0.25, -0.2) is 9.78 Å². The summed E-state index contributed by atoms with van der Waals surface area (Å²) in [5, 5.41) is 4.98. The third-order valence-electron chi connectivity index (χ3n) is 4.70. The van der Waals surface area contributed by atoms with E-state index < -0.39 is 12.1 Å². The molecule has 2 heterocycles. The van der Waals surface area contributed by atoms with Crippen LogP contribution < -0.4 is 10.6 Å². The van der Waals surface area contributed by atoms with Crippen LogP contribution >= 0.6 is 0 Å². The van der Waals surface area contributed by atoms with Gasteiger partial charge >= 0.3 is 6.03 Å². The van der Waals surface area contributed by atoms with Gasteiger partial charge in [0.1, 0.15) is 6.04 Å². The van der Waals surface area contributed by atoms with Gasteiger partial charge in [-0.05, 0) is 11.1 Å². The normalized spacial score (nSPS) is 16.2. The van der Waals surface area contributed by atoms with Gasteiger partial charge in [-0.15, -0.1) is 0 Å². The van der Waals surface area contributed by atoms with Crippen molar-refractivity contribution in [2.75, 3.05) is 0 Å². The molecule has 1 unspecified atom stereocenters. The summed E-state index contributed by atoms with van der Waals surface area (Å²) in [6.07, 6.45) is 2.90.